The highest BCUT2D eigenvalue weighted by molar-refractivity contribution is 5.83. The van der Waals surface area contributed by atoms with E-state index in [1.165, 1.54) is 6.07 Å². The van der Waals surface area contributed by atoms with Crippen LogP contribution in [0.1, 0.15) is 44.1 Å². The molecule has 4 aromatic rings. The van der Waals surface area contributed by atoms with Gasteiger partial charge in [-0.15, -0.1) is 0 Å². The fourth-order valence-corrected chi connectivity index (χ4v) is 5.30. The van der Waals surface area contributed by atoms with Crippen molar-refractivity contribution in [3.63, 3.8) is 0 Å². The minimum Gasteiger partial charge on any atom is -0.475 e. The number of aliphatic carboxylic acids is 1. The zero-order chi connectivity index (χ0) is 34.3. The largest absolute Gasteiger partial charge is 0.490 e. The van der Waals surface area contributed by atoms with Crippen LogP contribution in [0.25, 0.3) is 22.3 Å². The monoisotopic (exact) mass is 663 g/mol. The fraction of sp³-hybridized carbons (Fsp3) is 0.452. The lowest BCUT2D eigenvalue weighted by Gasteiger charge is -2.34. The molecule has 1 fully saturated rings. The normalized spacial score (nSPS) is 14.3. The third-order valence-electron chi connectivity index (χ3n) is 7.57. The third-order valence-corrected chi connectivity index (χ3v) is 7.57. The number of hydrogen-bond acceptors (Lipinski definition) is 9. The minimum atomic E-state index is -5.08. The maximum absolute atomic E-state index is 15.0. The van der Waals surface area contributed by atoms with Crippen molar-refractivity contribution in [3.05, 3.63) is 59.7 Å². The number of nitrogens with one attached hydrogen (secondary N) is 1. The summed E-state index contributed by atoms with van der Waals surface area (Å²) in [6.07, 6.45) is 0.0694. The number of hydrogen-bond donors (Lipinski definition) is 3. The second-order valence-corrected chi connectivity index (χ2v) is 11.4. The Balaban J connectivity index is 0.000000644. The smallest absolute Gasteiger partial charge is 0.475 e. The van der Waals surface area contributed by atoms with Crippen LogP contribution in [0, 0.1) is 18.6 Å². The fourth-order valence-electron chi connectivity index (χ4n) is 5.30. The summed E-state index contributed by atoms with van der Waals surface area (Å²) in [7, 11) is 0. The van der Waals surface area contributed by atoms with E-state index in [1.54, 1.807) is 6.07 Å². The molecule has 254 valence electrons. The topological polar surface area (TPSA) is 138 Å². The highest BCUT2D eigenvalue weighted by Crippen LogP contribution is 2.30. The predicted molar refractivity (Wildman–Crippen MR) is 167 cm³/mol. The van der Waals surface area contributed by atoms with Gasteiger partial charge in [0.2, 0.25) is 5.95 Å². The van der Waals surface area contributed by atoms with Crippen molar-refractivity contribution < 1.29 is 31.9 Å². The van der Waals surface area contributed by atoms with Gasteiger partial charge in [-0.05, 0) is 70.5 Å². The summed E-state index contributed by atoms with van der Waals surface area (Å²) < 4.78 is 63.5. The molecule has 0 spiro atoms. The van der Waals surface area contributed by atoms with Crippen LogP contribution in [0.4, 0.5) is 33.7 Å². The quantitative estimate of drug-likeness (QED) is 0.152. The first-order chi connectivity index (χ1) is 22.3. The molecule has 0 aliphatic carbocycles. The van der Waals surface area contributed by atoms with Crippen molar-refractivity contribution in [1.82, 2.24) is 34.3 Å². The highest BCUT2D eigenvalue weighted by Gasteiger charge is 2.38. The van der Waals surface area contributed by atoms with E-state index in [9.17, 15) is 22.0 Å². The number of nitrogens with two attached hydrogens (primary N) is 1. The Hall–Kier alpha value is -4.28. The molecule has 0 radical (unpaired) electrons. The SMILES string of the molecule is Cc1nc2c(F)cc(-c3nc(Nc4ccc(CN5CCN(CCCCN)CC5)cn4)ncc3F)cc2n1C(C)C.O=C(O)C(F)(F)F. The number of imidazole rings is 1. The van der Waals surface area contributed by atoms with Gasteiger partial charge in [0, 0.05) is 50.5 Å². The zero-order valence-electron chi connectivity index (χ0n) is 26.4. The Labute approximate surface area is 268 Å². The Morgan fingerprint density at radius 1 is 1.00 bits per heavy atom. The average Bonchev–Trinajstić information content (AvgIpc) is 3.36. The highest BCUT2D eigenvalue weighted by atomic mass is 19.4. The lowest BCUT2D eigenvalue weighted by molar-refractivity contribution is -0.192. The van der Waals surface area contributed by atoms with E-state index in [-0.39, 0.29) is 23.2 Å². The summed E-state index contributed by atoms with van der Waals surface area (Å²) in [5.41, 5.74) is 7.90. The van der Waals surface area contributed by atoms with Crippen LogP contribution in [0.15, 0.2) is 36.7 Å². The van der Waals surface area contributed by atoms with Gasteiger partial charge in [-0.1, -0.05) is 6.07 Å². The van der Waals surface area contributed by atoms with Gasteiger partial charge in [0.15, 0.2) is 11.6 Å². The number of aryl methyl sites for hydroxylation is 1. The number of pyridine rings is 1. The van der Waals surface area contributed by atoms with Crippen molar-refractivity contribution in [2.45, 2.75) is 52.4 Å². The molecule has 0 atom stereocenters. The number of carboxylic acids is 1. The molecular weight excluding hydrogens is 625 g/mol. The number of nitrogens with zero attached hydrogens (tertiary/aromatic N) is 7. The van der Waals surface area contributed by atoms with E-state index in [2.05, 4.69) is 35.1 Å². The van der Waals surface area contributed by atoms with Gasteiger partial charge in [0.1, 0.15) is 22.9 Å². The Kier molecular flexibility index (Phi) is 11.8. The molecule has 47 heavy (non-hydrogen) atoms. The third kappa shape index (κ3) is 9.39. The van der Waals surface area contributed by atoms with Gasteiger partial charge < -0.3 is 25.6 Å². The number of carbonyl (C=O) groups is 1. The van der Waals surface area contributed by atoms with Crippen LogP contribution in [0.2, 0.25) is 0 Å². The number of unbranched alkanes of at least 4 members (excludes halogenated alkanes) is 1. The molecule has 1 saturated heterocycles. The van der Waals surface area contributed by atoms with Gasteiger partial charge in [0.25, 0.3) is 0 Å². The van der Waals surface area contributed by atoms with Gasteiger partial charge >= 0.3 is 12.1 Å². The molecular formula is C31H38F5N9O2. The van der Waals surface area contributed by atoms with Crippen molar-refractivity contribution >= 4 is 28.8 Å². The molecule has 1 aliphatic rings. The van der Waals surface area contributed by atoms with E-state index < -0.39 is 23.8 Å². The zero-order valence-corrected chi connectivity index (χ0v) is 26.4. The number of anilines is 2. The van der Waals surface area contributed by atoms with Crippen LogP contribution in [-0.4, -0.2) is 90.8 Å². The number of aromatic nitrogens is 5. The second kappa shape index (κ2) is 15.5. The van der Waals surface area contributed by atoms with E-state index in [0.717, 1.165) is 70.4 Å². The van der Waals surface area contributed by atoms with E-state index in [4.69, 9.17) is 15.6 Å². The van der Waals surface area contributed by atoms with Gasteiger partial charge in [-0.3, -0.25) is 4.90 Å². The van der Waals surface area contributed by atoms with Crippen LogP contribution < -0.4 is 11.1 Å². The van der Waals surface area contributed by atoms with Crippen LogP contribution in [0.3, 0.4) is 0 Å². The Bertz CT molecular complexity index is 1650. The summed E-state index contributed by atoms with van der Waals surface area (Å²) >= 11 is 0. The number of halogens is 5. The Morgan fingerprint density at radius 2 is 1.68 bits per heavy atom. The van der Waals surface area contributed by atoms with Gasteiger partial charge in [-0.2, -0.15) is 13.2 Å². The predicted octanol–water partition coefficient (Wildman–Crippen LogP) is 5.29. The Morgan fingerprint density at radius 3 is 2.28 bits per heavy atom. The molecule has 0 amide bonds. The lowest BCUT2D eigenvalue weighted by Crippen LogP contribution is -2.46. The molecule has 16 heteroatoms. The maximum Gasteiger partial charge on any atom is 0.490 e. The van der Waals surface area contributed by atoms with Crippen LogP contribution in [0.5, 0.6) is 0 Å². The number of alkyl halides is 3. The van der Waals surface area contributed by atoms with Crippen molar-refractivity contribution in [2.24, 2.45) is 5.73 Å². The molecule has 4 N–H and O–H groups in total. The molecule has 1 aromatic carbocycles. The molecule has 0 bridgehead atoms. The molecule has 0 saturated carbocycles. The number of piperazine rings is 1. The summed E-state index contributed by atoms with van der Waals surface area (Å²) in [5, 5.41) is 10.2. The summed E-state index contributed by atoms with van der Waals surface area (Å²) in [6, 6.07) is 6.94. The van der Waals surface area contributed by atoms with Crippen LogP contribution >= 0.6 is 0 Å². The number of carboxylic acid groups (broad SMARTS) is 1. The lowest BCUT2D eigenvalue weighted by atomic mass is 10.1. The van der Waals surface area contributed by atoms with Crippen molar-refractivity contribution in [1.29, 1.82) is 0 Å². The van der Waals surface area contributed by atoms with Crippen molar-refractivity contribution in [2.75, 3.05) is 44.6 Å². The van der Waals surface area contributed by atoms with Gasteiger partial charge in [0.05, 0.1) is 11.7 Å². The van der Waals surface area contributed by atoms with E-state index in [1.807, 2.05) is 43.7 Å². The van der Waals surface area contributed by atoms with Gasteiger partial charge in [-0.25, -0.2) is 33.5 Å². The molecule has 11 nitrogen and oxygen atoms in total. The molecule has 0 unspecified atom stereocenters. The number of rotatable bonds is 10. The first-order valence-corrected chi connectivity index (χ1v) is 15.1. The molecule has 3 aromatic heterocycles. The van der Waals surface area contributed by atoms with Crippen LogP contribution in [-0.2, 0) is 11.3 Å². The first kappa shape index (κ1) is 35.6. The summed E-state index contributed by atoms with van der Waals surface area (Å²) in [4.78, 5) is 31.1. The summed E-state index contributed by atoms with van der Waals surface area (Å²) in [5.74, 6) is -2.50. The first-order valence-electron chi connectivity index (χ1n) is 15.1. The standard InChI is InChI=1S/C29H37F2N9.C2HF3O2/c1-19(2)40-20(3)35-28-23(30)14-22(15-25(28)40)27-24(31)17-34-29(37-27)36-26-7-6-21(16-33-26)18-39-12-10-38(11-13-39)9-5-4-8-32;3-2(4,5)1(6)7/h6-7,14-17,19H,4-5,8-13,18,32H2,1-3H3,(H,33,34,36,37);(H,6,7). The minimum absolute atomic E-state index is 0.00579. The number of benzene rings is 1. The van der Waals surface area contributed by atoms with E-state index in [0.29, 0.717) is 22.7 Å². The second-order valence-electron chi connectivity index (χ2n) is 11.4. The molecule has 1 aliphatic heterocycles. The maximum atomic E-state index is 15.0. The molecule has 4 heterocycles. The van der Waals surface area contributed by atoms with E-state index >= 15 is 0 Å². The average molecular weight is 664 g/mol. The molecule has 5 rings (SSSR count). The summed E-state index contributed by atoms with van der Waals surface area (Å²) in [6.45, 7) is 12.7. The number of fused-ring (bicyclic) bond motifs is 1. The van der Waals surface area contributed by atoms with Crippen molar-refractivity contribution in [3.8, 4) is 11.3 Å².